The van der Waals surface area contributed by atoms with Crippen molar-refractivity contribution in [3.05, 3.63) is 35.4 Å². The van der Waals surface area contributed by atoms with Gasteiger partial charge in [0.15, 0.2) is 6.10 Å². The molecule has 0 aliphatic carbocycles. The minimum atomic E-state index is -0.982. The first kappa shape index (κ1) is 16.7. The molecule has 3 amide bonds. The molecule has 1 N–H and O–H groups in total. The quantitative estimate of drug-likeness (QED) is 0.622. The lowest BCUT2D eigenvalue weighted by atomic mass is 9.98. The number of rotatable bonds is 5. The summed E-state index contributed by atoms with van der Waals surface area (Å²) in [6.45, 7) is 3.09. The number of hydrogen-bond acceptors (Lipinski definition) is 5. The van der Waals surface area contributed by atoms with Gasteiger partial charge in [0.1, 0.15) is 6.54 Å². The molecule has 0 unspecified atom stereocenters. The molecule has 1 aromatic carbocycles. The summed E-state index contributed by atoms with van der Waals surface area (Å²) in [5.41, 5.74) is 1.04. The number of benzene rings is 1. The van der Waals surface area contributed by atoms with E-state index in [9.17, 15) is 19.2 Å². The molecule has 1 atom stereocenters. The smallest absolute Gasteiger partial charge is 0.326 e. The number of likely N-dealkylation sites (N-methyl/N-ethyl adjacent to an activating group) is 1. The van der Waals surface area contributed by atoms with Crippen LogP contribution in [-0.4, -0.2) is 47.8 Å². The van der Waals surface area contributed by atoms with Gasteiger partial charge < -0.3 is 10.1 Å². The molecule has 0 aromatic heterocycles. The average molecular weight is 318 g/mol. The van der Waals surface area contributed by atoms with Crippen LogP contribution < -0.4 is 5.32 Å². The van der Waals surface area contributed by atoms with Crippen LogP contribution in [0.5, 0.6) is 0 Å². The summed E-state index contributed by atoms with van der Waals surface area (Å²) >= 11 is 0. The molecule has 7 heteroatoms. The first-order valence-corrected chi connectivity index (χ1v) is 7.33. The summed E-state index contributed by atoms with van der Waals surface area (Å²) in [5, 5.41) is 2.52. The van der Waals surface area contributed by atoms with E-state index in [1.165, 1.54) is 6.92 Å². The summed E-state index contributed by atoms with van der Waals surface area (Å²) in [6.07, 6.45) is -0.925. The van der Waals surface area contributed by atoms with Crippen molar-refractivity contribution < 1.29 is 23.9 Å². The zero-order valence-electron chi connectivity index (χ0n) is 13.0. The van der Waals surface area contributed by atoms with Gasteiger partial charge in [0.05, 0.1) is 6.42 Å². The molecule has 122 valence electrons. The molecule has 1 heterocycles. The van der Waals surface area contributed by atoms with Gasteiger partial charge in [-0.1, -0.05) is 18.2 Å². The summed E-state index contributed by atoms with van der Waals surface area (Å²) < 4.78 is 4.95. The highest BCUT2D eigenvalue weighted by atomic mass is 16.5. The molecule has 0 saturated heterocycles. The Hall–Kier alpha value is -2.70. The molecule has 2 rings (SSSR count). The Kier molecular flexibility index (Phi) is 5.10. The van der Waals surface area contributed by atoms with Gasteiger partial charge in [0, 0.05) is 12.1 Å². The number of fused-ring (bicyclic) bond motifs is 1. The van der Waals surface area contributed by atoms with E-state index < -0.39 is 36.3 Å². The molecule has 0 radical (unpaired) electrons. The molecule has 7 nitrogen and oxygen atoms in total. The van der Waals surface area contributed by atoms with E-state index in [4.69, 9.17) is 4.74 Å². The Balaban J connectivity index is 2.03. The van der Waals surface area contributed by atoms with E-state index in [2.05, 4.69) is 5.32 Å². The lowest BCUT2D eigenvalue weighted by molar-refractivity contribution is -0.156. The SMILES string of the molecule is CCNC(=O)[C@H](C)OC(=O)CN1C(=O)Cc2ccccc2C1=O. The molecule has 0 bridgehead atoms. The maximum Gasteiger partial charge on any atom is 0.326 e. The van der Waals surface area contributed by atoms with Crippen LogP contribution in [0.3, 0.4) is 0 Å². The number of nitrogens with one attached hydrogen (secondary N) is 1. The molecule has 1 aliphatic rings. The molecule has 23 heavy (non-hydrogen) atoms. The minimum Gasteiger partial charge on any atom is -0.451 e. The minimum absolute atomic E-state index is 0.0566. The van der Waals surface area contributed by atoms with Gasteiger partial charge in [0.25, 0.3) is 11.8 Å². The molecule has 0 saturated carbocycles. The predicted octanol–water partition coefficient (Wildman–Crippen LogP) is 0.279. The number of esters is 1. The van der Waals surface area contributed by atoms with Crippen molar-refractivity contribution in [3.8, 4) is 0 Å². The summed E-state index contributed by atoms with van der Waals surface area (Å²) in [6, 6.07) is 6.76. The number of imide groups is 1. The van der Waals surface area contributed by atoms with Gasteiger partial charge in [-0.05, 0) is 25.5 Å². The third-order valence-corrected chi connectivity index (χ3v) is 3.45. The van der Waals surface area contributed by atoms with Crippen molar-refractivity contribution in [3.63, 3.8) is 0 Å². The van der Waals surface area contributed by atoms with E-state index in [1.54, 1.807) is 31.2 Å². The zero-order valence-corrected chi connectivity index (χ0v) is 13.0. The van der Waals surface area contributed by atoms with Crippen LogP contribution in [0.25, 0.3) is 0 Å². The predicted molar refractivity (Wildman–Crippen MR) is 80.4 cm³/mol. The number of hydrogen-bond donors (Lipinski definition) is 1. The Labute approximate surface area is 133 Å². The van der Waals surface area contributed by atoms with E-state index in [-0.39, 0.29) is 6.42 Å². The van der Waals surface area contributed by atoms with Crippen LogP contribution in [0.4, 0.5) is 0 Å². The van der Waals surface area contributed by atoms with Crippen LogP contribution in [-0.2, 0) is 25.5 Å². The second kappa shape index (κ2) is 7.04. The maximum absolute atomic E-state index is 12.3. The van der Waals surface area contributed by atoms with Crippen LogP contribution in [0.2, 0.25) is 0 Å². The summed E-state index contributed by atoms with van der Waals surface area (Å²) in [4.78, 5) is 48.6. The molecule has 1 aliphatic heterocycles. The monoisotopic (exact) mass is 318 g/mol. The van der Waals surface area contributed by atoms with Crippen LogP contribution in [0.1, 0.15) is 29.8 Å². The fourth-order valence-electron chi connectivity index (χ4n) is 2.30. The zero-order chi connectivity index (χ0) is 17.0. The van der Waals surface area contributed by atoms with Crippen molar-refractivity contribution in [2.75, 3.05) is 13.1 Å². The normalized spacial score (nSPS) is 15.0. The van der Waals surface area contributed by atoms with Crippen LogP contribution in [0, 0.1) is 0 Å². The first-order valence-electron chi connectivity index (χ1n) is 7.33. The Bertz CT molecular complexity index is 656. The van der Waals surface area contributed by atoms with Crippen LogP contribution in [0.15, 0.2) is 24.3 Å². The van der Waals surface area contributed by atoms with Gasteiger partial charge in [-0.2, -0.15) is 0 Å². The van der Waals surface area contributed by atoms with Gasteiger partial charge in [-0.15, -0.1) is 0 Å². The van der Waals surface area contributed by atoms with E-state index in [0.29, 0.717) is 17.7 Å². The second-order valence-electron chi connectivity index (χ2n) is 5.15. The first-order chi connectivity index (χ1) is 10.9. The van der Waals surface area contributed by atoms with Gasteiger partial charge in [0.2, 0.25) is 5.91 Å². The third-order valence-electron chi connectivity index (χ3n) is 3.45. The molecule has 0 fully saturated rings. The highest BCUT2D eigenvalue weighted by molar-refractivity contribution is 6.11. The Morgan fingerprint density at radius 3 is 2.70 bits per heavy atom. The maximum atomic E-state index is 12.3. The third kappa shape index (κ3) is 3.74. The summed E-state index contributed by atoms with van der Waals surface area (Å²) in [5.74, 6) is -2.22. The van der Waals surface area contributed by atoms with E-state index >= 15 is 0 Å². The molecular weight excluding hydrogens is 300 g/mol. The van der Waals surface area contributed by atoms with Crippen molar-refractivity contribution in [1.82, 2.24) is 10.2 Å². The summed E-state index contributed by atoms with van der Waals surface area (Å²) in [7, 11) is 0. The van der Waals surface area contributed by atoms with Gasteiger partial charge in [-0.3, -0.25) is 24.1 Å². The average Bonchev–Trinajstić information content (AvgIpc) is 2.51. The highest BCUT2D eigenvalue weighted by Gasteiger charge is 2.33. The lowest BCUT2D eigenvalue weighted by Crippen LogP contribution is -2.46. The topological polar surface area (TPSA) is 92.8 Å². The fourth-order valence-corrected chi connectivity index (χ4v) is 2.30. The Morgan fingerprint density at radius 2 is 2.00 bits per heavy atom. The van der Waals surface area contributed by atoms with Gasteiger partial charge in [-0.25, -0.2) is 0 Å². The molecule has 1 aromatic rings. The second-order valence-corrected chi connectivity index (χ2v) is 5.15. The number of nitrogens with zero attached hydrogens (tertiary/aromatic N) is 1. The molecule has 0 spiro atoms. The fraction of sp³-hybridized carbons (Fsp3) is 0.375. The number of ether oxygens (including phenoxy) is 1. The lowest BCUT2D eigenvalue weighted by Gasteiger charge is -2.26. The van der Waals surface area contributed by atoms with Crippen LogP contribution >= 0.6 is 0 Å². The van der Waals surface area contributed by atoms with E-state index in [0.717, 1.165) is 4.90 Å². The highest BCUT2D eigenvalue weighted by Crippen LogP contribution is 2.19. The van der Waals surface area contributed by atoms with Crippen molar-refractivity contribution in [2.24, 2.45) is 0 Å². The van der Waals surface area contributed by atoms with Crippen molar-refractivity contribution in [1.29, 1.82) is 0 Å². The number of amides is 3. The standard InChI is InChI=1S/C16H18N2O5/c1-3-17-15(21)10(2)23-14(20)9-18-13(19)8-11-6-4-5-7-12(11)16(18)22/h4-7,10H,3,8-9H2,1-2H3,(H,17,21)/t10-/m0/s1. The van der Waals surface area contributed by atoms with Gasteiger partial charge >= 0.3 is 5.97 Å². The van der Waals surface area contributed by atoms with E-state index in [1.807, 2.05) is 0 Å². The van der Waals surface area contributed by atoms with Crippen molar-refractivity contribution >= 4 is 23.7 Å². The van der Waals surface area contributed by atoms with Crippen molar-refractivity contribution in [2.45, 2.75) is 26.4 Å². The number of carbonyl (C=O) groups is 4. The largest absolute Gasteiger partial charge is 0.451 e. The Morgan fingerprint density at radius 1 is 1.30 bits per heavy atom. The number of carbonyl (C=O) groups excluding carboxylic acids is 4. The molecular formula is C16H18N2O5.